The van der Waals surface area contributed by atoms with Crippen molar-refractivity contribution in [3.63, 3.8) is 0 Å². The highest BCUT2D eigenvalue weighted by atomic mass is 16.4. The number of hydrogen-bond donors (Lipinski definition) is 2. The Morgan fingerprint density at radius 2 is 2.18 bits per heavy atom. The first-order chi connectivity index (χ1) is 8.18. The van der Waals surface area contributed by atoms with Gasteiger partial charge in [-0.05, 0) is 18.6 Å². The molecule has 1 aromatic rings. The molecule has 0 saturated carbocycles. The highest BCUT2D eigenvalue weighted by molar-refractivity contribution is 6.06. The second-order valence-electron chi connectivity index (χ2n) is 4.38. The number of nitrogens with one attached hydrogen (secondary N) is 1. The number of carbonyl (C=O) groups is 2. The van der Waals surface area contributed by atoms with Crippen LogP contribution in [0.2, 0.25) is 0 Å². The third-order valence-electron chi connectivity index (χ3n) is 3.40. The van der Waals surface area contributed by atoms with Crippen LogP contribution in [0.3, 0.4) is 0 Å². The molecule has 1 aromatic carbocycles. The van der Waals surface area contributed by atoms with E-state index in [0.29, 0.717) is 5.69 Å². The second-order valence-corrected chi connectivity index (χ2v) is 4.38. The lowest BCUT2D eigenvalue weighted by atomic mass is 10.1. The molecule has 2 bridgehead atoms. The molecule has 2 aliphatic rings. The number of hydrogen-bond acceptors (Lipinski definition) is 3. The minimum absolute atomic E-state index is 0.0186. The Morgan fingerprint density at radius 3 is 2.82 bits per heavy atom. The van der Waals surface area contributed by atoms with Gasteiger partial charge in [0.1, 0.15) is 0 Å². The first kappa shape index (κ1) is 10.3. The van der Waals surface area contributed by atoms with Gasteiger partial charge >= 0.3 is 5.97 Å². The number of fused-ring (bicyclic) bond motifs is 2. The largest absolute Gasteiger partial charge is 0.478 e. The quantitative estimate of drug-likeness (QED) is 0.777. The average Bonchev–Trinajstić information content (AvgIpc) is 2.89. The number of benzene rings is 1. The van der Waals surface area contributed by atoms with Crippen LogP contribution in [0.1, 0.15) is 16.8 Å². The van der Waals surface area contributed by atoms with Gasteiger partial charge in [-0.15, -0.1) is 0 Å². The normalized spacial score (nSPS) is 26.6. The van der Waals surface area contributed by atoms with Gasteiger partial charge in [0.25, 0.3) is 0 Å². The van der Waals surface area contributed by atoms with Crippen molar-refractivity contribution in [2.75, 3.05) is 11.4 Å². The topological polar surface area (TPSA) is 69.6 Å². The summed E-state index contributed by atoms with van der Waals surface area (Å²) >= 11 is 0. The van der Waals surface area contributed by atoms with Gasteiger partial charge in [0.2, 0.25) is 5.91 Å². The van der Waals surface area contributed by atoms with E-state index in [2.05, 4.69) is 5.32 Å². The number of para-hydroxylation sites is 1. The molecule has 2 atom stereocenters. The van der Waals surface area contributed by atoms with E-state index >= 15 is 0 Å². The molecule has 5 nitrogen and oxygen atoms in total. The summed E-state index contributed by atoms with van der Waals surface area (Å²) in [7, 11) is 0. The van der Waals surface area contributed by atoms with E-state index in [0.717, 1.165) is 13.0 Å². The summed E-state index contributed by atoms with van der Waals surface area (Å²) in [4.78, 5) is 24.8. The molecule has 2 heterocycles. The Labute approximate surface area is 98.0 Å². The molecule has 3 rings (SSSR count). The summed E-state index contributed by atoms with van der Waals surface area (Å²) in [6.45, 7) is 0.740. The van der Waals surface area contributed by atoms with Crippen LogP contribution in [0.25, 0.3) is 0 Å². The van der Waals surface area contributed by atoms with Gasteiger partial charge < -0.3 is 15.3 Å². The lowest BCUT2D eigenvalue weighted by molar-refractivity contribution is -0.119. The van der Waals surface area contributed by atoms with Gasteiger partial charge in [-0.2, -0.15) is 0 Å². The summed E-state index contributed by atoms with van der Waals surface area (Å²) in [6.07, 6.45) is 0.771. The molecule has 2 aliphatic heterocycles. The lowest BCUT2D eigenvalue weighted by Crippen LogP contribution is -2.48. The van der Waals surface area contributed by atoms with Crippen molar-refractivity contribution in [2.24, 2.45) is 0 Å². The van der Waals surface area contributed by atoms with Crippen molar-refractivity contribution < 1.29 is 14.7 Å². The molecule has 2 N–H and O–H groups in total. The molecule has 0 aromatic heterocycles. The van der Waals surface area contributed by atoms with Crippen molar-refractivity contribution >= 4 is 17.6 Å². The number of carboxylic acid groups (broad SMARTS) is 1. The highest BCUT2D eigenvalue weighted by Gasteiger charge is 2.46. The molecule has 1 amide bonds. The molecule has 88 valence electrons. The molecule has 17 heavy (non-hydrogen) atoms. The van der Waals surface area contributed by atoms with E-state index < -0.39 is 5.97 Å². The SMILES string of the molecule is O=C(O)c1ccccc1N1C(=O)[C@@H]2C[C@H]1CN2. The predicted octanol–water partition coefficient (Wildman–Crippen LogP) is 0.462. The zero-order valence-electron chi connectivity index (χ0n) is 9.09. The first-order valence-electron chi connectivity index (χ1n) is 5.57. The number of aromatic carboxylic acids is 1. The van der Waals surface area contributed by atoms with Crippen molar-refractivity contribution in [2.45, 2.75) is 18.5 Å². The molecule has 5 heteroatoms. The molecular weight excluding hydrogens is 220 g/mol. The minimum atomic E-state index is -0.996. The maximum Gasteiger partial charge on any atom is 0.337 e. The Bertz CT molecular complexity index is 500. The highest BCUT2D eigenvalue weighted by Crippen LogP contribution is 2.32. The van der Waals surface area contributed by atoms with E-state index in [1.165, 1.54) is 6.07 Å². The van der Waals surface area contributed by atoms with E-state index in [-0.39, 0.29) is 23.6 Å². The summed E-state index contributed by atoms with van der Waals surface area (Å²) in [5.41, 5.74) is 0.701. The van der Waals surface area contributed by atoms with Crippen LogP contribution >= 0.6 is 0 Å². The van der Waals surface area contributed by atoms with E-state index in [1.54, 1.807) is 23.1 Å². The molecule has 0 spiro atoms. The molecular formula is C12H12N2O3. The monoisotopic (exact) mass is 232 g/mol. The minimum Gasteiger partial charge on any atom is -0.478 e. The van der Waals surface area contributed by atoms with Crippen LogP contribution in [-0.4, -0.2) is 35.6 Å². The van der Waals surface area contributed by atoms with E-state index in [4.69, 9.17) is 5.11 Å². The third kappa shape index (κ3) is 1.43. The van der Waals surface area contributed by atoms with Crippen molar-refractivity contribution in [1.82, 2.24) is 5.32 Å². The Hall–Kier alpha value is -1.88. The van der Waals surface area contributed by atoms with Gasteiger partial charge in [-0.1, -0.05) is 12.1 Å². The van der Waals surface area contributed by atoms with Gasteiger partial charge in [-0.3, -0.25) is 4.79 Å². The average molecular weight is 232 g/mol. The van der Waals surface area contributed by atoms with Crippen LogP contribution in [0, 0.1) is 0 Å². The fraction of sp³-hybridized carbons (Fsp3) is 0.333. The molecule has 0 unspecified atom stereocenters. The van der Waals surface area contributed by atoms with Gasteiger partial charge in [0.05, 0.1) is 23.3 Å². The summed E-state index contributed by atoms with van der Waals surface area (Å²) in [5.74, 6) is -1.01. The predicted molar refractivity (Wildman–Crippen MR) is 61.1 cm³/mol. The number of rotatable bonds is 2. The zero-order chi connectivity index (χ0) is 12.0. The molecule has 0 aliphatic carbocycles. The van der Waals surface area contributed by atoms with Crippen molar-refractivity contribution in [3.05, 3.63) is 29.8 Å². The van der Waals surface area contributed by atoms with Gasteiger partial charge in [0, 0.05) is 6.54 Å². The maximum absolute atomic E-state index is 12.0. The number of piperazine rings is 1. The fourth-order valence-electron chi connectivity index (χ4n) is 2.63. The van der Waals surface area contributed by atoms with E-state index in [1.807, 2.05) is 0 Å². The Kier molecular flexibility index (Phi) is 2.16. The maximum atomic E-state index is 12.0. The number of carboxylic acids is 1. The molecule has 2 saturated heterocycles. The number of nitrogens with zero attached hydrogens (tertiary/aromatic N) is 1. The number of anilines is 1. The summed E-state index contributed by atoms with van der Waals surface area (Å²) < 4.78 is 0. The number of amides is 1. The second kappa shape index (κ2) is 3.56. The van der Waals surface area contributed by atoms with Crippen LogP contribution in [0.4, 0.5) is 5.69 Å². The van der Waals surface area contributed by atoms with Crippen LogP contribution in [0.15, 0.2) is 24.3 Å². The lowest BCUT2D eigenvalue weighted by Gasteiger charge is -2.28. The Morgan fingerprint density at radius 1 is 1.41 bits per heavy atom. The zero-order valence-corrected chi connectivity index (χ0v) is 9.09. The van der Waals surface area contributed by atoms with Gasteiger partial charge in [0.15, 0.2) is 0 Å². The molecule has 0 radical (unpaired) electrons. The van der Waals surface area contributed by atoms with Crippen LogP contribution in [0.5, 0.6) is 0 Å². The summed E-state index contributed by atoms with van der Waals surface area (Å²) in [5, 5.41) is 12.2. The molecule has 2 fully saturated rings. The Balaban J connectivity index is 2.05. The van der Waals surface area contributed by atoms with Gasteiger partial charge in [-0.25, -0.2) is 4.79 Å². The standard InChI is InChI=1S/C12H12N2O3/c15-11-9-5-7(6-13-9)14(11)10-4-2-1-3-8(10)12(16)17/h1-4,7,9,13H,5-6H2,(H,16,17)/t7-,9-/m0/s1. The fourth-order valence-corrected chi connectivity index (χ4v) is 2.63. The first-order valence-corrected chi connectivity index (χ1v) is 5.57. The van der Waals surface area contributed by atoms with Crippen molar-refractivity contribution in [1.29, 1.82) is 0 Å². The van der Waals surface area contributed by atoms with Crippen molar-refractivity contribution in [3.8, 4) is 0 Å². The van der Waals surface area contributed by atoms with Crippen LogP contribution < -0.4 is 10.2 Å². The van der Waals surface area contributed by atoms with E-state index in [9.17, 15) is 9.59 Å². The number of carbonyl (C=O) groups excluding carboxylic acids is 1. The van der Waals surface area contributed by atoms with Crippen LogP contribution in [-0.2, 0) is 4.79 Å². The summed E-state index contributed by atoms with van der Waals surface area (Å²) in [6, 6.07) is 6.61. The smallest absolute Gasteiger partial charge is 0.337 e. The third-order valence-corrected chi connectivity index (χ3v) is 3.40.